The Labute approximate surface area is 265 Å². The number of allylic oxidation sites excluding steroid dienone is 1. The van der Waals surface area contributed by atoms with Gasteiger partial charge in [-0.2, -0.15) is 0 Å². The Kier molecular flexibility index (Phi) is 6.60. The van der Waals surface area contributed by atoms with E-state index in [9.17, 15) is 0 Å². The maximum atomic E-state index is 5.46. The highest BCUT2D eigenvalue weighted by molar-refractivity contribution is 7.20. The van der Waals surface area contributed by atoms with Gasteiger partial charge in [-0.25, -0.2) is 9.97 Å². The molecule has 0 atom stereocenters. The van der Waals surface area contributed by atoms with Crippen molar-refractivity contribution in [2.75, 3.05) is 0 Å². The van der Waals surface area contributed by atoms with Crippen molar-refractivity contribution in [3.8, 4) is 51.8 Å². The Hall–Kier alpha value is -5.76. The van der Waals surface area contributed by atoms with Crippen LogP contribution >= 0.6 is 11.3 Å². The van der Waals surface area contributed by atoms with Gasteiger partial charge in [0.1, 0.15) is 0 Å². The minimum atomic E-state index is 0.707. The first-order valence-corrected chi connectivity index (χ1v) is 15.7. The van der Waals surface area contributed by atoms with Crippen molar-refractivity contribution in [1.82, 2.24) is 14.5 Å². The average molecular weight is 594 g/mol. The second-order valence-electron chi connectivity index (χ2n) is 11.1. The van der Waals surface area contributed by atoms with E-state index in [1.165, 1.54) is 42.4 Å². The maximum absolute atomic E-state index is 5.46. The Morgan fingerprint density at radius 2 is 1.44 bits per heavy atom. The molecular weight excluding hydrogens is 567 g/mol. The van der Waals surface area contributed by atoms with Crippen LogP contribution in [0, 0.1) is 19.3 Å². The number of para-hydroxylation sites is 1. The number of terminal acetylenes is 1. The molecule has 0 saturated carbocycles. The minimum absolute atomic E-state index is 0.707. The lowest BCUT2D eigenvalue weighted by molar-refractivity contribution is 1.16. The molecule has 0 aliphatic carbocycles. The Bertz CT molecular complexity index is 2460. The zero-order valence-corrected chi connectivity index (χ0v) is 25.4. The van der Waals surface area contributed by atoms with Gasteiger partial charge in [-0.3, -0.25) is 0 Å². The van der Waals surface area contributed by atoms with E-state index in [-0.39, 0.29) is 0 Å². The number of rotatable bonds is 5. The molecule has 0 radical (unpaired) electrons. The molecule has 212 valence electrons. The molecule has 5 aromatic carbocycles. The average Bonchev–Trinajstić information content (AvgIpc) is 3.61. The van der Waals surface area contributed by atoms with Crippen molar-refractivity contribution in [3.05, 3.63) is 144 Å². The van der Waals surface area contributed by atoms with Crippen molar-refractivity contribution in [2.45, 2.75) is 6.92 Å². The number of aryl methyl sites for hydroxylation is 1. The van der Waals surface area contributed by atoms with Crippen LogP contribution in [-0.4, -0.2) is 14.5 Å². The summed E-state index contributed by atoms with van der Waals surface area (Å²) in [5.74, 6) is 3.31. The third-order valence-electron chi connectivity index (χ3n) is 8.40. The standard InChI is InChI=1S/C41H27N3S/c1-3-4-17-39-27(2)34-25-30(19-21-40(34)45-39)29-18-20-38-35(26-29)33-15-8-9-16-37(33)44(38)32-14-10-13-31(24-32)41-42-23-22-36(43-41)28-11-6-5-7-12-28/h1,4-26H,2H3/b17-4-. The first kappa shape index (κ1) is 26.8. The summed E-state index contributed by atoms with van der Waals surface area (Å²) in [4.78, 5) is 10.8. The highest BCUT2D eigenvalue weighted by atomic mass is 32.1. The first-order valence-electron chi connectivity index (χ1n) is 14.9. The quantitative estimate of drug-likeness (QED) is 0.186. The van der Waals surface area contributed by atoms with E-state index in [1.54, 1.807) is 17.4 Å². The molecule has 0 fully saturated rings. The van der Waals surface area contributed by atoms with E-state index in [0.29, 0.717) is 5.82 Å². The second-order valence-corrected chi connectivity index (χ2v) is 12.2. The number of hydrogen-bond acceptors (Lipinski definition) is 3. The summed E-state index contributed by atoms with van der Waals surface area (Å²) in [6, 6.07) is 42.9. The van der Waals surface area contributed by atoms with Crippen LogP contribution in [0.5, 0.6) is 0 Å². The summed E-state index contributed by atoms with van der Waals surface area (Å²) in [6.07, 6.45) is 11.1. The number of aromatic nitrogens is 3. The van der Waals surface area contributed by atoms with Gasteiger partial charge >= 0.3 is 0 Å². The highest BCUT2D eigenvalue weighted by Crippen LogP contribution is 2.38. The predicted octanol–water partition coefficient (Wildman–Crippen LogP) is 10.7. The molecule has 0 bridgehead atoms. The van der Waals surface area contributed by atoms with Gasteiger partial charge in [0.2, 0.25) is 0 Å². The van der Waals surface area contributed by atoms with Crippen LogP contribution in [-0.2, 0) is 0 Å². The Morgan fingerprint density at radius 3 is 2.31 bits per heavy atom. The number of thiophene rings is 1. The molecule has 4 heteroatoms. The topological polar surface area (TPSA) is 30.7 Å². The normalized spacial score (nSPS) is 11.6. The van der Waals surface area contributed by atoms with E-state index in [2.05, 4.69) is 119 Å². The molecule has 0 saturated heterocycles. The minimum Gasteiger partial charge on any atom is -0.309 e. The monoisotopic (exact) mass is 593 g/mol. The zero-order chi connectivity index (χ0) is 30.3. The fraction of sp³-hybridized carbons (Fsp3) is 0.0244. The lowest BCUT2D eigenvalue weighted by Crippen LogP contribution is -1.96. The maximum Gasteiger partial charge on any atom is 0.159 e. The summed E-state index contributed by atoms with van der Waals surface area (Å²) >= 11 is 1.78. The second kappa shape index (κ2) is 11.1. The Balaban J connectivity index is 1.24. The van der Waals surface area contributed by atoms with Crippen LogP contribution in [0.2, 0.25) is 0 Å². The van der Waals surface area contributed by atoms with Gasteiger partial charge in [0.25, 0.3) is 0 Å². The molecule has 8 aromatic rings. The van der Waals surface area contributed by atoms with Crippen LogP contribution in [0.4, 0.5) is 0 Å². The Morgan fingerprint density at radius 1 is 0.689 bits per heavy atom. The van der Waals surface area contributed by atoms with Crippen LogP contribution in [0.25, 0.3) is 77.4 Å². The molecule has 0 N–H and O–H groups in total. The predicted molar refractivity (Wildman–Crippen MR) is 191 cm³/mol. The summed E-state index contributed by atoms with van der Waals surface area (Å²) in [7, 11) is 0. The molecule has 0 spiro atoms. The molecule has 3 heterocycles. The highest BCUT2D eigenvalue weighted by Gasteiger charge is 2.15. The lowest BCUT2D eigenvalue weighted by Gasteiger charge is -2.11. The largest absolute Gasteiger partial charge is 0.309 e. The summed E-state index contributed by atoms with van der Waals surface area (Å²) in [5, 5.41) is 3.71. The molecule has 3 nitrogen and oxygen atoms in total. The van der Waals surface area contributed by atoms with E-state index in [1.807, 2.05) is 36.5 Å². The molecule has 0 aliphatic rings. The van der Waals surface area contributed by atoms with Gasteiger partial charge in [-0.05, 0) is 89.7 Å². The first-order chi connectivity index (χ1) is 22.2. The van der Waals surface area contributed by atoms with Crippen molar-refractivity contribution >= 4 is 49.3 Å². The number of nitrogens with zero attached hydrogens (tertiary/aromatic N) is 3. The van der Waals surface area contributed by atoms with Crippen molar-refractivity contribution < 1.29 is 0 Å². The van der Waals surface area contributed by atoms with Crippen LogP contribution in [0.3, 0.4) is 0 Å². The fourth-order valence-electron chi connectivity index (χ4n) is 6.18. The van der Waals surface area contributed by atoms with Gasteiger partial charge in [0.15, 0.2) is 5.82 Å². The van der Waals surface area contributed by atoms with Crippen LogP contribution in [0.15, 0.2) is 134 Å². The van der Waals surface area contributed by atoms with Crippen molar-refractivity contribution in [2.24, 2.45) is 0 Å². The van der Waals surface area contributed by atoms with Crippen LogP contribution in [0.1, 0.15) is 10.4 Å². The fourth-order valence-corrected chi connectivity index (χ4v) is 7.28. The lowest BCUT2D eigenvalue weighted by atomic mass is 10.0. The van der Waals surface area contributed by atoms with Crippen molar-refractivity contribution in [3.63, 3.8) is 0 Å². The number of hydrogen-bond donors (Lipinski definition) is 0. The smallest absolute Gasteiger partial charge is 0.159 e. The molecular formula is C41H27N3S. The molecule has 0 aliphatic heterocycles. The van der Waals surface area contributed by atoms with E-state index in [0.717, 1.165) is 33.5 Å². The zero-order valence-electron chi connectivity index (χ0n) is 24.6. The third kappa shape index (κ3) is 4.71. The molecule has 0 amide bonds. The van der Waals surface area contributed by atoms with Gasteiger partial charge < -0.3 is 4.57 Å². The molecule has 3 aromatic heterocycles. The summed E-state index contributed by atoms with van der Waals surface area (Å²) in [6.45, 7) is 2.17. The van der Waals surface area contributed by atoms with E-state index >= 15 is 0 Å². The van der Waals surface area contributed by atoms with Gasteiger partial charge in [0, 0.05) is 43.4 Å². The summed E-state index contributed by atoms with van der Waals surface area (Å²) < 4.78 is 3.61. The molecule has 8 rings (SSSR count). The van der Waals surface area contributed by atoms with Crippen molar-refractivity contribution in [1.29, 1.82) is 0 Å². The van der Waals surface area contributed by atoms with E-state index in [4.69, 9.17) is 11.4 Å². The van der Waals surface area contributed by atoms with Gasteiger partial charge in [-0.15, -0.1) is 17.8 Å². The molecule has 0 unspecified atom stereocenters. The SMILES string of the molecule is C#C/C=C\c1sc2ccc(-c3ccc4c(c3)c3ccccc3n4-c3cccc(-c4nccc(-c5ccccc5)n4)c3)cc2c1C. The third-order valence-corrected chi connectivity index (χ3v) is 9.64. The molecule has 45 heavy (non-hydrogen) atoms. The summed E-state index contributed by atoms with van der Waals surface area (Å²) in [5.41, 5.74) is 10.0. The van der Waals surface area contributed by atoms with Gasteiger partial charge in [-0.1, -0.05) is 78.7 Å². The van der Waals surface area contributed by atoms with Crippen LogP contribution < -0.4 is 0 Å². The number of benzene rings is 5. The van der Waals surface area contributed by atoms with E-state index < -0.39 is 0 Å². The van der Waals surface area contributed by atoms with Gasteiger partial charge in [0.05, 0.1) is 16.7 Å². The number of fused-ring (bicyclic) bond motifs is 4.